The summed E-state index contributed by atoms with van der Waals surface area (Å²) in [5.41, 5.74) is 0.270. The summed E-state index contributed by atoms with van der Waals surface area (Å²) in [4.78, 5) is 61.7. The number of methoxy groups -OCH3 is 1. The Kier molecular flexibility index (Phi) is 13.0. The summed E-state index contributed by atoms with van der Waals surface area (Å²) in [6.07, 6.45) is 0.708. The minimum absolute atomic E-state index is 0.0761. The summed E-state index contributed by atoms with van der Waals surface area (Å²) in [5.74, 6) is -2.46. The second-order valence-electron chi connectivity index (χ2n) is 9.11. The van der Waals surface area contributed by atoms with Crippen LogP contribution in [0, 0.1) is 11.8 Å². The van der Waals surface area contributed by atoms with Gasteiger partial charge < -0.3 is 26.0 Å². The molecule has 4 N–H and O–H groups in total. The van der Waals surface area contributed by atoms with Crippen LogP contribution in [-0.2, 0) is 28.7 Å². The highest BCUT2D eigenvalue weighted by molar-refractivity contribution is 5.97. The Hall–Kier alpha value is -2.91. The number of ether oxygens (including phenoxy) is 1. The van der Waals surface area contributed by atoms with Gasteiger partial charge in [-0.2, -0.15) is 0 Å². The van der Waals surface area contributed by atoms with Gasteiger partial charge in [-0.3, -0.25) is 19.2 Å². The number of hydrogen-bond donors (Lipinski definition) is 4. The van der Waals surface area contributed by atoms with Gasteiger partial charge in [-0.25, -0.2) is 4.79 Å². The molecule has 0 unspecified atom stereocenters. The smallest absolute Gasteiger partial charge is 0.328 e. The number of amides is 4. The van der Waals surface area contributed by atoms with E-state index < -0.39 is 53.8 Å². The van der Waals surface area contributed by atoms with Crippen LogP contribution in [0.5, 0.6) is 0 Å². The average Bonchev–Trinajstić information content (AvgIpc) is 2.70. The van der Waals surface area contributed by atoms with Gasteiger partial charge in [0.2, 0.25) is 23.6 Å². The minimum atomic E-state index is -0.964. The van der Waals surface area contributed by atoms with Crippen molar-refractivity contribution in [3.05, 3.63) is 12.2 Å². The summed E-state index contributed by atoms with van der Waals surface area (Å²) in [6.45, 7) is 15.7. The van der Waals surface area contributed by atoms with Crippen LogP contribution in [0.4, 0.5) is 0 Å². The fourth-order valence-corrected chi connectivity index (χ4v) is 2.91. The topological polar surface area (TPSA) is 143 Å². The predicted molar refractivity (Wildman–Crippen MR) is 125 cm³/mol. The van der Waals surface area contributed by atoms with Gasteiger partial charge in [-0.15, -0.1) is 0 Å². The largest absolute Gasteiger partial charge is 0.467 e. The third-order valence-corrected chi connectivity index (χ3v) is 4.72. The highest BCUT2D eigenvalue weighted by Gasteiger charge is 2.29. The van der Waals surface area contributed by atoms with Crippen LogP contribution in [0.2, 0.25) is 0 Å². The maximum Gasteiger partial charge on any atom is 0.328 e. The van der Waals surface area contributed by atoms with E-state index in [0.717, 1.165) is 0 Å². The third-order valence-electron chi connectivity index (χ3n) is 4.72. The van der Waals surface area contributed by atoms with Gasteiger partial charge in [0.05, 0.1) is 7.11 Å². The van der Waals surface area contributed by atoms with E-state index in [0.29, 0.717) is 12.8 Å². The molecule has 10 heteroatoms. The van der Waals surface area contributed by atoms with Gasteiger partial charge in [0.15, 0.2) is 0 Å². The van der Waals surface area contributed by atoms with Gasteiger partial charge in [-0.1, -0.05) is 34.3 Å². The minimum Gasteiger partial charge on any atom is -0.467 e. The molecule has 4 amide bonds. The summed E-state index contributed by atoms with van der Waals surface area (Å²) in [6, 6.07) is -3.58. The van der Waals surface area contributed by atoms with Crippen LogP contribution in [-0.4, -0.2) is 60.9 Å². The van der Waals surface area contributed by atoms with Crippen LogP contribution < -0.4 is 21.3 Å². The van der Waals surface area contributed by atoms with Gasteiger partial charge >= 0.3 is 5.97 Å². The molecule has 0 saturated carbocycles. The molecule has 0 saturated heterocycles. The summed E-state index contributed by atoms with van der Waals surface area (Å²) in [5, 5.41) is 10.4. The molecular weight excluding hydrogens is 428 g/mol. The number of carbonyl (C=O) groups is 5. The molecule has 0 aliphatic heterocycles. The third kappa shape index (κ3) is 11.5. The molecule has 0 bridgehead atoms. The molecule has 0 aliphatic carbocycles. The highest BCUT2D eigenvalue weighted by Crippen LogP contribution is 2.08. The quantitative estimate of drug-likeness (QED) is 0.233. The van der Waals surface area contributed by atoms with Crippen LogP contribution in [0.1, 0.15) is 61.3 Å². The first-order valence-electron chi connectivity index (χ1n) is 11.1. The summed E-state index contributed by atoms with van der Waals surface area (Å²) in [7, 11) is 1.22. The van der Waals surface area contributed by atoms with Crippen molar-refractivity contribution in [3.63, 3.8) is 0 Å². The Morgan fingerprint density at radius 3 is 1.52 bits per heavy atom. The zero-order valence-corrected chi connectivity index (χ0v) is 21.0. The molecule has 0 aliphatic rings. The van der Waals surface area contributed by atoms with Crippen molar-refractivity contribution in [2.45, 2.75) is 85.5 Å². The van der Waals surface area contributed by atoms with E-state index in [9.17, 15) is 24.0 Å². The number of esters is 1. The monoisotopic (exact) mass is 468 g/mol. The van der Waals surface area contributed by atoms with Gasteiger partial charge in [0, 0.05) is 5.57 Å². The maximum atomic E-state index is 12.7. The molecule has 0 rings (SSSR count). The zero-order chi connectivity index (χ0) is 25.9. The fraction of sp³-hybridized carbons (Fsp3) is 0.696. The lowest BCUT2D eigenvalue weighted by Gasteiger charge is -2.25. The molecule has 0 heterocycles. The normalized spacial score (nSPS) is 14.5. The maximum absolute atomic E-state index is 12.7. The average molecular weight is 469 g/mol. The van der Waals surface area contributed by atoms with E-state index in [1.165, 1.54) is 27.9 Å². The van der Waals surface area contributed by atoms with Gasteiger partial charge in [0.1, 0.15) is 24.2 Å². The molecule has 0 spiro atoms. The van der Waals surface area contributed by atoms with Crippen LogP contribution in [0.25, 0.3) is 0 Å². The molecule has 10 nitrogen and oxygen atoms in total. The first kappa shape index (κ1) is 30.1. The van der Waals surface area contributed by atoms with E-state index >= 15 is 0 Å². The number of hydrogen-bond acceptors (Lipinski definition) is 6. The van der Waals surface area contributed by atoms with Crippen LogP contribution >= 0.6 is 0 Å². The second kappa shape index (κ2) is 14.3. The van der Waals surface area contributed by atoms with E-state index in [1.54, 1.807) is 0 Å². The van der Waals surface area contributed by atoms with Crippen molar-refractivity contribution >= 4 is 29.6 Å². The molecule has 4 atom stereocenters. The lowest BCUT2D eigenvalue weighted by molar-refractivity contribution is -0.145. The SMILES string of the molecule is C=C(C)C(=O)N[C@@H](CC(C)C)C(=O)N[C@@H](C)C(=O)N[C@@H](CC(C)C)C(=O)N[C@@H](C)C(=O)OC. The Morgan fingerprint density at radius 1 is 0.697 bits per heavy atom. The van der Waals surface area contributed by atoms with Crippen molar-refractivity contribution in [2.24, 2.45) is 11.8 Å². The molecule has 188 valence electrons. The van der Waals surface area contributed by atoms with Crippen molar-refractivity contribution in [1.29, 1.82) is 0 Å². The first-order chi connectivity index (χ1) is 15.2. The lowest BCUT2D eigenvalue weighted by Crippen LogP contribution is -2.57. The van der Waals surface area contributed by atoms with Crippen LogP contribution in [0.15, 0.2) is 12.2 Å². The van der Waals surface area contributed by atoms with E-state index in [4.69, 9.17) is 0 Å². The molecule has 0 aromatic heterocycles. The van der Waals surface area contributed by atoms with E-state index in [2.05, 4.69) is 32.6 Å². The lowest BCUT2D eigenvalue weighted by atomic mass is 10.0. The summed E-state index contributed by atoms with van der Waals surface area (Å²) >= 11 is 0. The Labute approximate surface area is 196 Å². The standard InChI is InChI=1S/C23H40N4O6/c1-12(2)10-17(26-19(28)14(5)6)21(30)24-15(7)20(29)27-18(11-13(3)4)22(31)25-16(8)23(32)33-9/h12-13,15-18H,5,10-11H2,1-4,6-9H3,(H,24,30)(H,25,31)(H,26,28)(H,27,29)/t15-,16-,17-,18-/m0/s1. The molecule has 0 radical (unpaired) electrons. The van der Waals surface area contributed by atoms with Gasteiger partial charge in [0.25, 0.3) is 0 Å². The molecule has 0 aromatic carbocycles. The molecular formula is C23H40N4O6. The Bertz CT molecular complexity index is 734. The van der Waals surface area contributed by atoms with Crippen molar-refractivity contribution in [1.82, 2.24) is 21.3 Å². The number of carbonyl (C=O) groups excluding carboxylic acids is 5. The number of rotatable bonds is 13. The number of nitrogens with one attached hydrogen (secondary N) is 4. The van der Waals surface area contributed by atoms with Crippen molar-refractivity contribution in [3.8, 4) is 0 Å². The Morgan fingerprint density at radius 2 is 1.12 bits per heavy atom. The predicted octanol–water partition coefficient (Wildman–Crippen LogP) is 0.807. The molecule has 0 fully saturated rings. The van der Waals surface area contributed by atoms with Crippen LogP contribution in [0.3, 0.4) is 0 Å². The zero-order valence-electron chi connectivity index (χ0n) is 21.0. The Balaban J connectivity index is 5.25. The van der Waals surface area contributed by atoms with E-state index in [-0.39, 0.29) is 17.4 Å². The highest BCUT2D eigenvalue weighted by atomic mass is 16.5. The fourth-order valence-electron chi connectivity index (χ4n) is 2.91. The van der Waals surface area contributed by atoms with E-state index in [1.807, 2.05) is 27.7 Å². The molecule has 0 aromatic rings. The second-order valence-corrected chi connectivity index (χ2v) is 9.11. The first-order valence-corrected chi connectivity index (χ1v) is 11.1. The van der Waals surface area contributed by atoms with Gasteiger partial charge in [-0.05, 0) is 45.4 Å². The molecule has 33 heavy (non-hydrogen) atoms. The summed E-state index contributed by atoms with van der Waals surface area (Å²) < 4.78 is 4.60. The van der Waals surface area contributed by atoms with Crippen molar-refractivity contribution < 1.29 is 28.7 Å². The van der Waals surface area contributed by atoms with Crippen molar-refractivity contribution in [2.75, 3.05) is 7.11 Å².